The minimum absolute atomic E-state index is 0.0873. The fourth-order valence-electron chi connectivity index (χ4n) is 3.09. The van der Waals surface area contributed by atoms with E-state index in [-0.39, 0.29) is 18.3 Å². The molecule has 1 saturated carbocycles. The highest BCUT2D eigenvalue weighted by Crippen LogP contribution is 2.38. The van der Waals surface area contributed by atoms with Crippen LogP contribution in [0.2, 0.25) is 0 Å². The average Bonchev–Trinajstić information content (AvgIpc) is 3.32. The second kappa shape index (κ2) is 6.93. The van der Waals surface area contributed by atoms with Gasteiger partial charge in [-0.05, 0) is 18.6 Å². The van der Waals surface area contributed by atoms with Crippen molar-refractivity contribution in [3.8, 4) is 0 Å². The molecular formula is C18H19N5O4. The summed E-state index contributed by atoms with van der Waals surface area (Å²) in [5.41, 5.74) is 7.13. The maximum atomic E-state index is 12.1. The topological polar surface area (TPSA) is 136 Å². The Morgan fingerprint density at radius 1 is 1.26 bits per heavy atom. The Morgan fingerprint density at radius 3 is 2.81 bits per heavy atom. The number of aromatic nitrogens is 4. The maximum Gasteiger partial charge on any atom is 0.338 e. The van der Waals surface area contributed by atoms with E-state index in [4.69, 9.17) is 10.5 Å². The largest absolute Gasteiger partial charge is 0.458 e. The first kappa shape index (κ1) is 17.4. The zero-order valence-corrected chi connectivity index (χ0v) is 14.3. The number of hydrogen-bond donors (Lipinski definition) is 3. The van der Waals surface area contributed by atoms with Gasteiger partial charge in [0.15, 0.2) is 11.5 Å². The van der Waals surface area contributed by atoms with Crippen molar-refractivity contribution in [2.24, 2.45) is 5.92 Å². The highest BCUT2D eigenvalue weighted by Gasteiger charge is 2.48. The molecule has 1 aliphatic rings. The summed E-state index contributed by atoms with van der Waals surface area (Å²) >= 11 is 0. The van der Waals surface area contributed by atoms with E-state index in [9.17, 15) is 15.0 Å². The number of nitrogen functional groups attached to an aromatic ring is 1. The molecule has 4 atom stereocenters. The van der Waals surface area contributed by atoms with Crippen molar-refractivity contribution in [2.75, 3.05) is 5.73 Å². The van der Waals surface area contributed by atoms with Crippen molar-refractivity contribution in [2.45, 2.75) is 31.3 Å². The molecule has 0 spiro atoms. The number of carbonyl (C=O) groups is 1. The average molecular weight is 369 g/mol. The highest BCUT2D eigenvalue weighted by molar-refractivity contribution is 5.89. The number of carbonyl (C=O) groups excluding carboxylic acids is 1. The number of aliphatic hydroxyl groups excluding tert-OH is 2. The fraction of sp³-hybridized carbons (Fsp3) is 0.333. The van der Waals surface area contributed by atoms with E-state index in [1.54, 1.807) is 28.8 Å². The standard InChI is InChI=1S/C18H19N5O4/c19-16-14-17(21-8-20-16)23(9-22-14)7-12(24)15(25)11-6-13(11)27-18(26)10-4-2-1-3-5-10/h1-5,8-9,11-13,15,24-25H,6-7H2,(H2,19,20,21). The first-order valence-electron chi connectivity index (χ1n) is 8.58. The number of ether oxygens (including phenoxy) is 1. The molecular weight excluding hydrogens is 350 g/mol. The summed E-state index contributed by atoms with van der Waals surface area (Å²) in [6, 6.07) is 8.66. The van der Waals surface area contributed by atoms with Gasteiger partial charge in [0.1, 0.15) is 17.9 Å². The van der Waals surface area contributed by atoms with Crippen LogP contribution in [0.4, 0.5) is 5.82 Å². The molecule has 9 nitrogen and oxygen atoms in total. The number of hydrogen-bond acceptors (Lipinski definition) is 8. The first-order chi connectivity index (χ1) is 13.0. The van der Waals surface area contributed by atoms with Gasteiger partial charge < -0.3 is 25.3 Å². The summed E-state index contributed by atoms with van der Waals surface area (Å²) in [4.78, 5) is 24.2. The molecule has 140 valence electrons. The Morgan fingerprint density at radius 2 is 2.04 bits per heavy atom. The van der Waals surface area contributed by atoms with Gasteiger partial charge in [0, 0.05) is 5.92 Å². The number of nitrogens with two attached hydrogens (primary N) is 1. The van der Waals surface area contributed by atoms with E-state index >= 15 is 0 Å². The molecule has 3 aromatic rings. The predicted molar refractivity (Wildman–Crippen MR) is 95.5 cm³/mol. The van der Waals surface area contributed by atoms with Crippen LogP contribution in [-0.2, 0) is 11.3 Å². The van der Waals surface area contributed by atoms with Gasteiger partial charge in [0.05, 0.1) is 30.6 Å². The Bertz CT molecular complexity index is 961. The van der Waals surface area contributed by atoms with Crippen LogP contribution in [0.3, 0.4) is 0 Å². The fourth-order valence-corrected chi connectivity index (χ4v) is 3.09. The normalized spacial score (nSPS) is 21.0. The van der Waals surface area contributed by atoms with E-state index in [2.05, 4.69) is 15.0 Å². The van der Waals surface area contributed by atoms with Crippen molar-refractivity contribution in [1.29, 1.82) is 0 Å². The van der Waals surface area contributed by atoms with E-state index in [1.807, 2.05) is 6.07 Å². The Balaban J connectivity index is 1.36. The van der Waals surface area contributed by atoms with Gasteiger partial charge in [0.25, 0.3) is 0 Å². The van der Waals surface area contributed by atoms with Crippen molar-refractivity contribution in [3.63, 3.8) is 0 Å². The lowest BCUT2D eigenvalue weighted by molar-refractivity contribution is -0.0150. The molecule has 1 aromatic carbocycles. The van der Waals surface area contributed by atoms with Crippen LogP contribution in [0.5, 0.6) is 0 Å². The second-order valence-corrected chi connectivity index (χ2v) is 6.60. The van der Waals surface area contributed by atoms with Crippen LogP contribution in [0, 0.1) is 5.92 Å². The van der Waals surface area contributed by atoms with E-state index < -0.39 is 24.3 Å². The van der Waals surface area contributed by atoms with Gasteiger partial charge in [-0.15, -0.1) is 0 Å². The first-order valence-corrected chi connectivity index (χ1v) is 8.58. The maximum absolute atomic E-state index is 12.1. The summed E-state index contributed by atoms with van der Waals surface area (Å²) < 4.78 is 6.99. The minimum Gasteiger partial charge on any atom is -0.458 e. The molecule has 9 heteroatoms. The Labute approximate surface area is 154 Å². The second-order valence-electron chi connectivity index (χ2n) is 6.60. The van der Waals surface area contributed by atoms with Gasteiger partial charge >= 0.3 is 5.97 Å². The third-order valence-electron chi connectivity index (χ3n) is 4.69. The predicted octanol–water partition coefficient (Wildman–Crippen LogP) is 0.376. The lowest BCUT2D eigenvalue weighted by Gasteiger charge is -2.18. The number of fused-ring (bicyclic) bond motifs is 1. The number of imidazole rings is 1. The van der Waals surface area contributed by atoms with E-state index in [1.165, 1.54) is 12.7 Å². The quantitative estimate of drug-likeness (QED) is 0.530. The van der Waals surface area contributed by atoms with Crippen LogP contribution in [0.25, 0.3) is 11.2 Å². The number of rotatable bonds is 6. The number of benzene rings is 1. The van der Waals surface area contributed by atoms with Gasteiger partial charge in [-0.3, -0.25) is 0 Å². The van der Waals surface area contributed by atoms with Crippen LogP contribution < -0.4 is 5.73 Å². The molecule has 0 amide bonds. The summed E-state index contributed by atoms with van der Waals surface area (Å²) in [6.07, 6.45) is 0.819. The lowest BCUT2D eigenvalue weighted by Crippen LogP contribution is -2.33. The number of esters is 1. The molecule has 4 unspecified atom stereocenters. The SMILES string of the molecule is Nc1ncnc2c1ncn2CC(O)C(O)C1CC1OC(=O)c1ccccc1. The van der Waals surface area contributed by atoms with Gasteiger partial charge in [-0.1, -0.05) is 18.2 Å². The molecule has 2 aromatic heterocycles. The lowest BCUT2D eigenvalue weighted by atomic mass is 10.1. The molecule has 0 saturated heterocycles. The molecule has 0 radical (unpaired) electrons. The summed E-state index contributed by atoms with van der Waals surface area (Å²) in [5, 5.41) is 20.8. The summed E-state index contributed by atoms with van der Waals surface area (Å²) in [6.45, 7) is 0.0873. The van der Waals surface area contributed by atoms with Crippen LogP contribution >= 0.6 is 0 Å². The monoisotopic (exact) mass is 369 g/mol. The smallest absolute Gasteiger partial charge is 0.338 e. The summed E-state index contributed by atoms with van der Waals surface area (Å²) in [7, 11) is 0. The number of nitrogens with zero attached hydrogens (tertiary/aromatic N) is 4. The molecule has 4 N–H and O–H groups in total. The Hall–Kier alpha value is -3.04. The third kappa shape index (κ3) is 3.46. The zero-order chi connectivity index (χ0) is 19.0. The highest BCUT2D eigenvalue weighted by atomic mass is 16.6. The van der Waals surface area contributed by atoms with Crippen LogP contribution in [0.15, 0.2) is 43.0 Å². The van der Waals surface area contributed by atoms with Crippen molar-refractivity contribution >= 4 is 23.0 Å². The molecule has 4 rings (SSSR count). The van der Waals surface area contributed by atoms with Gasteiger partial charge in [-0.25, -0.2) is 19.7 Å². The van der Waals surface area contributed by atoms with Gasteiger partial charge in [-0.2, -0.15) is 0 Å². The molecule has 2 heterocycles. The van der Waals surface area contributed by atoms with Crippen molar-refractivity contribution in [1.82, 2.24) is 19.5 Å². The molecule has 1 aliphatic carbocycles. The molecule has 1 fully saturated rings. The molecule has 0 bridgehead atoms. The Kier molecular flexibility index (Phi) is 4.46. The minimum atomic E-state index is -1.07. The number of aliphatic hydroxyl groups is 2. The van der Waals surface area contributed by atoms with Crippen molar-refractivity contribution in [3.05, 3.63) is 48.5 Å². The summed E-state index contributed by atoms with van der Waals surface area (Å²) in [5.74, 6) is -0.483. The van der Waals surface area contributed by atoms with Crippen molar-refractivity contribution < 1.29 is 19.7 Å². The van der Waals surface area contributed by atoms with Crippen LogP contribution in [0.1, 0.15) is 16.8 Å². The molecule has 27 heavy (non-hydrogen) atoms. The third-order valence-corrected chi connectivity index (χ3v) is 4.69. The number of anilines is 1. The van der Waals surface area contributed by atoms with E-state index in [0.717, 1.165) is 0 Å². The van der Waals surface area contributed by atoms with E-state index in [0.29, 0.717) is 23.1 Å². The molecule has 0 aliphatic heterocycles. The van der Waals surface area contributed by atoms with Crippen LogP contribution in [-0.4, -0.2) is 54.0 Å². The van der Waals surface area contributed by atoms with Gasteiger partial charge in [0.2, 0.25) is 0 Å². The zero-order valence-electron chi connectivity index (χ0n) is 14.3.